The molecule has 4 heteroatoms. The molecule has 0 spiro atoms. The molecule has 25 heavy (non-hydrogen) atoms. The Hall–Kier alpha value is -2.88. The lowest BCUT2D eigenvalue weighted by Gasteiger charge is -2.19. The van der Waals surface area contributed by atoms with E-state index in [1.807, 2.05) is 13.0 Å². The Morgan fingerprint density at radius 1 is 0.920 bits per heavy atom. The van der Waals surface area contributed by atoms with Gasteiger partial charge in [0.2, 0.25) is 0 Å². The van der Waals surface area contributed by atoms with Crippen LogP contribution in [0.25, 0.3) is 0 Å². The summed E-state index contributed by atoms with van der Waals surface area (Å²) < 4.78 is 0. The van der Waals surface area contributed by atoms with Gasteiger partial charge in [-0.1, -0.05) is 24.3 Å². The minimum Gasteiger partial charge on any atom is -0.340 e. The van der Waals surface area contributed by atoms with Crippen LogP contribution in [0.5, 0.6) is 0 Å². The Kier molecular flexibility index (Phi) is 3.88. The lowest BCUT2D eigenvalue weighted by molar-refractivity contribution is 0.946. The maximum Gasteiger partial charge on any atom is 0.138 e. The molecule has 0 saturated carbocycles. The summed E-state index contributed by atoms with van der Waals surface area (Å²) in [6.07, 6.45) is 1.05. The number of fused-ring (bicyclic) bond motifs is 1. The van der Waals surface area contributed by atoms with Crippen LogP contribution in [-0.4, -0.2) is 16.5 Å². The van der Waals surface area contributed by atoms with Crippen molar-refractivity contribution in [2.75, 3.05) is 16.8 Å². The average Bonchev–Trinajstić information content (AvgIpc) is 2.97. The first kappa shape index (κ1) is 15.6. The highest BCUT2D eigenvalue weighted by Crippen LogP contribution is 2.34. The Balaban J connectivity index is 1.68. The van der Waals surface area contributed by atoms with Crippen LogP contribution in [0.15, 0.2) is 48.5 Å². The predicted molar refractivity (Wildman–Crippen MR) is 103 cm³/mol. The van der Waals surface area contributed by atoms with Gasteiger partial charge in [-0.15, -0.1) is 0 Å². The highest BCUT2D eigenvalue weighted by molar-refractivity contribution is 5.70. The van der Waals surface area contributed by atoms with Crippen molar-refractivity contribution in [1.29, 1.82) is 0 Å². The molecule has 2 heterocycles. The lowest BCUT2D eigenvalue weighted by Crippen LogP contribution is -2.16. The molecule has 2 aromatic carbocycles. The van der Waals surface area contributed by atoms with Crippen LogP contribution in [0.4, 0.5) is 23.0 Å². The number of benzene rings is 2. The molecule has 0 bridgehead atoms. The minimum atomic E-state index is 0.772. The molecule has 4 nitrogen and oxygen atoms in total. The van der Waals surface area contributed by atoms with E-state index < -0.39 is 0 Å². The molecule has 3 aromatic rings. The summed E-state index contributed by atoms with van der Waals surface area (Å²) in [7, 11) is 0. The highest BCUT2D eigenvalue weighted by atomic mass is 15.2. The van der Waals surface area contributed by atoms with E-state index in [-0.39, 0.29) is 0 Å². The monoisotopic (exact) mass is 330 g/mol. The summed E-state index contributed by atoms with van der Waals surface area (Å²) in [6, 6.07) is 17.0. The van der Waals surface area contributed by atoms with Crippen molar-refractivity contribution in [3.63, 3.8) is 0 Å². The highest BCUT2D eigenvalue weighted by Gasteiger charge is 2.21. The maximum atomic E-state index is 4.67. The Bertz CT molecular complexity index is 913. The van der Waals surface area contributed by atoms with Gasteiger partial charge in [-0.05, 0) is 62.1 Å². The number of aryl methyl sites for hydroxylation is 3. The standard InChI is InChI=1S/C21H22N4/c1-14-10-15(2)12-18(11-14)24-20-13-21(23-16(3)22-20)25-9-8-17-6-4-5-7-19(17)25/h4-7,10-13H,8-9H2,1-3H3,(H,22,23,24). The Labute approximate surface area is 148 Å². The van der Waals surface area contributed by atoms with Gasteiger partial charge in [0.15, 0.2) is 0 Å². The number of para-hydroxylation sites is 1. The van der Waals surface area contributed by atoms with Gasteiger partial charge in [-0.3, -0.25) is 0 Å². The Morgan fingerprint density at radius 3 is 2.48 bits per heavy atom. The van der Waals surface area contributed by atoms with Gasteiger partial charge in [0, 0.05) is 24.0 Å². The van der Waals surface area contributed by atoms with E-state index in [9.17, 15) is 0 Å². The number of hydrogen-bond acceptors (Lipinski definition) is 4. The molecule has 126 valence electrons. The summed E-state index contributed by atoms with van der Waals surface area (Å²) in [5.41, 5.74) is 6.16. The van der Waals surface area contributed by atoms with Gasteiger partial charge in [0.05, 0.1) is 0 Å². The fourth-order valence-corrected chi connectivity index (χ4v) is 3.53. The summed E-state index contributed by atoms with van der Waals surface area (Å²) in [6.45, 7) is 7.11. The molecule has 0 unspecified atom stereocenters. The molecule has 0 saturated heterocycles. The van der Waals surface area contributed by atoms with Gasteiger partial charge in [-0.25, -0.2) is 9.97 Å². The molecular weight excluding hydrogens is 308 g/mol. The third-order valence-electron chi connectivity index (χ3n) is 4.48. The molecule has 0 atom stereocenters. The average molecular weight is 330 g/mol. The zero-order chi connectivity index (χ0) is 17.4. The van der Waals surface area contributed by atoms with Crippen LogP contribution in [0, 0.1) is 20.8 Å². The zero-order valence-electron chi connectivity index (χ0n) is 14.9. The zero-order valence-corrected chi connectivity index (χ0v) is 14.9. The van der Waals surface area contributed by atoms with E-state index in [4.69, 9.17) is 0 Å². The second kappa shape index (κ2) is 6.20. The number of anilines is 4. The normalized spacial score (nSPS) is 13.0. The number of nitrogens with one attached hydrogen (secondary N) is 1. The van der Waals surface area contributed by atoms with E-state index in [0.717, 1.165) is 36.1 Å². The van der Waals surface area contributed by atoms with Crippen LogP contribution >= 0.6 is 0 Å². The van der Waals surface area contributed by atoms with E-state index >= 15 is 0 Å². The van der Waals surface area contributed by atoms with Crippen molar-refractivity contribution < 1.29 is 0 Å². The van der Waals surface area contributed by atoms with Crippen molar-refractivity contribution in [3.8, 4) is 0 Å². The van der Waals surface area contributed by atoms with Gasteiger partial charge >= 0.3 is 0 Å². The SMILES string of the molecule is Cc1cc(C)cc(Nc2cc(N3CCc4ccccc43)nc(C)n2)c1. The predicted octanol–water partition coefficient (Wildman–Crippen LogP) is 4.84. The lowest BCUT2D eigenvalue weighted by atomic mass is 10.1. The van der Waals surface area contributed by atoms with Gasteiger partial charge in [0.1, 0.15) is 17.5 Å². The number of hydrogen-bond donors (Lipinski definition) is 1. The number of aromatic nitrogens is 2. The molecule has 1 N–H and O–H groups in total. The van der Waals surface area contributed by atoms with E-state index in [2.05, 4.69) is 76.5 Å². The fourth-order valence-electron chi connectivity index (χ4n) is 3.53. The topological polar surface area (TPSA) is 41.0 Å². The maximum absolute atomic E-state index is 4.67. The van der Waals surface area contributed by atoms with Crippen LogP contribution in [-0.2, 0) is 6.42 Å². The van der Waals surface area contributed by atoms with Gasteiger partial charge in [0.25, 0.3) is 0 Å². The quantitative estimate of drug-likeness (QED) is 0.746. The molecule has 0 fully saturated rings. The Morgan fingerprint density at radius 2 is 1.68 bits per heavy atom. The van der Waals surface area contributed by atoms with Crippen molar-refractivity contribution in [2.24, 2.45) is 0 Å². The largest absolute Gasteiger partial charge is 0.340 e. The van der Waals surface area contributed by atoms with Crippen LogP contribution in [0.1, 0.15) is 22.5 Å². The van der Waals surface area contributed by atoms with E-state index in [1.54, 1.807) is 0 Å². The third kappa shape index (κ3) is 3.20. The molecule has 1 aliphatic rings. The van der Waals surface area contributed by atoms with Crippen molar-refractivity contribution >= 4 is 23.0 Å². The van der Waals surface area contributed by atoms with Crippen molar-refractivity contribution in [1.82, 2.24) is 9.97 Å². The molecular formula is C21H22N4. The molecule has 1 aliphatic heterocycles. The van der Waals surface area contributed by atoms with Crippen molar-refractivity contribution in [3.05, 3.63) is 71.0 Å². The first-order valence-corrected chi connectivity index (χ1v) is 8.65. The van der Waals surface area contributed by atoms with E-state index in [0.29, 0.717) is 0 Å². The fraction of sp³-hybridized carbons (Fsp3) is 0.238. The minimum absolute atomic E-state index is 0.772. The number of nitrogens with zero attached hydrogens (tertiary/aromatic N) is 3. The third-order valence-corrected chi connectivity index (χ3v) is 4.48. The molecule has 1 aromatic heterocycles. The van der Waals surface area contributed by atoms with Gasteiger partial charge < -0.3 is 10.2 Å². The molecule has 4 rings (SSSR count). The molecule has 0 amide bonds. The van der Waals surface area contributed by atoms with Crippen molar-refractivity contribution in [2.45, 2.75) is 27.2 Å². The van der Waals surface area contributed by atoms with Gasteiger partial charge in [-0.2, -0.15) is 0 Å². The molecule has 0 aliphatic carbocycles. The van der Waals surface area contributed by atoms with Crippen LogP contribution in [0.3, 0.4) is 0 Å². The summed E-state index contributed by atoms with van der Waals surface area (Å²) in [5, 5.41) is 3.44. The molecule has 0 radical (unpaired) electrons. The second-order valence-electron chi connectivity index (χ2n) is 6.69. The number of rotatable bonds is 3. The first-order chi connectivity index (χ1) is 12.1. The summed E-state index contributed by atoms with van der Waals surface area (Å²) >= 11 is 0. The van der Waals surface area contributed by atoms with Crippen LogP contribution in [0.2, 0.25) is 0 Å². The smallest absolute Gasteiger partial charge is 0.138 e. The second-order valence-corrected chi connectivity index (χ2v) is 6.69. The summed E-state index contributed by atoms with van der Waals surface area (Å²) in [5.74, 6) is 2.55. The van der Waals surface area contributed by atoms with Crippen LogP contribution < -0.4 is 10.2 Å². The first-order valence-electron chi connectivity index (χ1n) is 8.65. The summed E-state index contributed by atoms with van der Waals surface area (Å²) in [4.78, 5) is 11.5. The van der Waals surface area contributed by atoms with E-state index in [1.165, 1.54) is 22.4 Å².